The molecule has 0 saturated carbocycles. The number of anilines is 2. The van der Waals surface area contributed by atoms with E-state index < -0.39 is 0 Å². The average Bonchev–Trinajstić information content (AvgIpc) is 2.92. The fourth-order valence-electron chi connectivity index (χ4n) is 2.46. The minimum atomic E-state index is -0.389. The van der Waals surface area contributed by atoms with Crippen LogP contribution in [-0.2, 0) is 9.59 Å². The average molecular weight is 439 g/mol. The molecule has 1 saturated heterocycles. The SMILES string of the molecule is O=C(Nc1ccc(Br)cn1)[C@@H]1CC(=O)N(c2ccccc2Br)C1. The lowest BCUT2D eigenvalue weighted by Crippen LogP contribution is -2.28. The number of pyridine rings is 1. The van der Waals surface area contributed by atoms with Crippen molar-refractivity contribution < 1.29 is 9.59 Å². The van der Waals surface area contributed by atoms with Crippen molar-refractivity contribution in [2.45, 2.75) is 6.42 Å². The molecule has 23 heavy (non-hydrogen) atoms. The van der Waals surface area contributed by atoms with Gasteiger partial charge in [0.2, 0.25) is 11.8 Å². The molecule has 1 N–H and O–H groups in total. The summed E-state index contributed by atoms with van der Waals surface area (Å²) in [6.07, 6.45) is 1.81. The summed E-state index contributed by atoms with van der Waals surface area (Å²) in [6, 6.07) is 11.0. The van der Waals surface area contributed by atoms with Gasteiger partial charge in [0.25, 0.3) is 0 Å². The number of aromatic nitrogens is 1. The summed E-state index contributed by atoms with van der Waals surface area (Å²) in [7, 11) is 0. The van der Waals surface area contributed by atoms with Gasteiger partial charge >= 0.3 is 0 Å². The second kappa shape index (κ2) is 6.80. The number of para-hydroxylation sites is 1. The van der Waals surface area contributed by atoms with E-state index in [2.05, 4.69) is 42.2 Å². The van der Waals surface area contributed by atoms with E-state index in [1.807, 2.05) is 24.3 Å². The molecule has 7 heteroatoms. The molecule has 1 aliphatic heterocycles. The highest BCUT2D eigenvalue weighted by molar-refractivity contribution is 9.10. The molecule has 3 rings (SSSR count). The molecule has 118 valence electrons. The van der Waals surface area contributed by atoms with Crippen LogP contribution < -0.4 is 10.2 Å². The Morgan fingerprint density at radius 1 is 1.22 bits per heavy atom. The van der Waals surface area contributed by atoms with Crippen molar-refractivity contribution in [3.8, 4) is 0 Å². The van der Waals surface area contributed by atoms with Crippen molar-refractivity contribution in [2.24, 2.45) is 5.92 Å². The van der Waals surface area contributed by atoms with Crippen LogP contribution >= 0.6 is 31.9 Å². The predicted octanol–water partition coefficient (Wildman–Crippen LogP) is 3.60. The lowest BCUT2D eigenvalue weighted by Gasteiger charge is -2.18. The fourth-order valence-corrected chi connectivity index (χ4v) is 3.20. The van der Waals surface area contributed by atoms with Gasteiger partial charge in [-0.2, -0.15) is 0 Å². The van der Waals surface area contributed by atoms with Gasteiger partial charge in [-0.1, -0.05) is 12.1 Å². The van der Waals surface area contributed by atoms with Crippen LogP contribution in [0.3, 0.4) is 0 Å². The van der Waals surface area contributed by atoms with Crippen LogP contribution in [0.15, 0.2) is 51.5 Å². The zero-order chi connectivity index (χ0) is 16.4. The Bertz CT molecular complexity index is 749. The first-order valence-electron chi connectivity index (χ1n) is 7.02. The van der Waals surface area contributed by atoms with Crippen LogP contribution in [0.4, 0.5) is 11.5 Å². The smallest absolute Gasteiger partial charge is 0.230 e. The van der Waals surface area contributed by atoms with E-state index in [-0.39, 0.29) is 24.2 Å². The number of benzene rings is 1. The summed E-state index contributed by atoms with van der Waals surface area (Å²) in [5, 5.41) is 2.76. The van der Waals surface area contributed by atoms with Crippen molar-refractivity contribution >= 4 is 55.2 Å². The third kappa shape index (κ3) is 3.61. The molecule has 1 aliphatic rings. The number of rotatable bonds is 3. The second-order valence-corrected chi connectivity index (χ2v) is 6.98. The molecule has 0 aliphatic carbocycles. The molecule has 1 atom stereocenters. The summed E-state index contributed by atoms with van der Waals surface area (Å²) in [5.74, 6) is -0.159. The van der Waals surface area contributed by atoms with E-state index in [1.165, 1.54) is 0 Å². The highest BCUT2D eigenvalue weighted by Crippen LogP contribution is 2.31. The Morgan fingerprint density at radius 3 is 2.70 bits per heavy atom. The quantitative estimate of drug-likeness (QED) is 0.796. The molecule has 1 aromatic carbocycles. The topological polar surface area (TPSA) is 62.3 Å². The van der Waals surface area contributed by atoms with Gasteiger partial charge < -0.3 is 10.2 Å². The van der Waals surface area contributed by atoms with Crippen molar-refractivity contribution in [3.63, 3.8) is 0 Å². The van der Waals surface area contributed by atoms with Crippen LogP contribution in [-0.4, -0.2) is 23.3 Å². The van der Waals surface area contributed by atoms with E-state index in [9.17, 15) is 9.59 Å². The Labute approximate surface area is 150 Å². The lowest BCUT2D eigenvalue weighted by atomic mass is 10.1. The van der Waals surface area contributed by atoms with Gasteiger partial charge in [0, 0.05) is 28.1 Å². The normalized spacial score (nSPS) is 17.4. The first-order valence-corrected chi connectivity index (χ1v) is 8.60. The Hall–Kier alpha value is -1.73. The molecule has 0 unspecified atom stereocenters. The van der Waals surface area contributed by atoms with E-state index >= 15 is 0 Å². The maximum Gasteiger partial charge on any atom is 0.230 e. The van der Waals surface area contributed by atoms with Crippen molar-refractivity contribution in [2.75, 3.05) is 16.8 Å². The molecule has 2 amide bonds. The maximum atomic E-state index is 12.4. The largest absolute Gasteiger partial charge is 0.310 e. The van der Waals surface area contributed by atoms with Crippen LogP contribution in [0.2, 0.25) is 0 Å². The van der Waals surface area contributed by atoms with Crippen LogP contribution in [0.5, 0.6) is 0 Å². The van der Waals surface area contributed by atoms with Crippen LogP contribution in [0.1, 0.15) is 6.42 Å². The van der Waals surface area contributed by atoms with Crippen LogP contribution in [0, 0.1) is 5.92 Å². The van der Waals surface area contributed by atoms with Gasteiger partial charge in [0.05, 0.1) is 11.6 Å². The Morgan fingerprint density at radius 2 is 2.00 bits per heavy atom. The fraction of sp³-hybridized carbons (Fsp3) is 0.188. The molecular formula is C16H13Br2N3O2. The minimum absolute atomic E-state index is 0.0548. The number of nitrogens with one attached hydrogen (secondary N) is 1. The Kier molecular flexibility index (Phi) is 4.77. The van der Waals surface area contributed by atoms with Gasteiger partial charge in [-0.05, 0) is 56.1 Å². The summed E-state index contributed by atoms with van der Waals surface area (Å²) in [6.45, 7) is 0.365. The zero-order valence-electron chi connectivity index (χ0n) is 12.0. The number of carbonyl (C=O) groups excluding carboxylic acids is 2. The van der Waals surface area contributed by atoms with Gasteiger partial charge in [-0.25, -0.2) is 4.98 Å². The first-order chi connectivity index (χ1) is 11.0. The van der Waals surface area contributed by atoms with E-state index in [1.54, 1.807) is 23.2 Å². The highest BCUT2D eigenvalue weighted by atomic mass is 79.9. The molecule has 5 nitrogen and oxygen atoms in total. The highest BCUT2D eigenvalue weighted by Gasteiger charge is 2.35. The van der Waals surface area contributed by atoms with Crippen molar-refractivity contribution in [1.82, 2.24) is 4.98 Å². The minimum Gasteiger partial charge on any atom is -0.310 e. The summed E-state index contributed by atoms with van der Waals surface area (Å²) >= 11 is 6.74. The third-order valence-corrected chi connectivity index (χ3v) is 4.76. The number of hydrogen-bond acceptors (Lipinski definition) is 3. The molecule has 2 aromatic rings. The molecule has 0 spiro atoms. The summed E-state index contributed by atoms with van der Waals surface area (Å²) < 4.78 is 1.68. The maximum absolute atomic E-state index is 12.4. The van der Waals surface area contributed by atoms with Crippen LogP contribution in [0.25, 0.3) is 0 Å². The van der Waals surface area contributed by atoms with Crippen molar-refractivity contribution in [3.05, 3.63) is 51.5 Å². The third-order valence-electron chi connectivity index (χ3n) is 3.62. The summed E-state index contributed by atoms with van der Waals surface area (Å²) in [4.78, 5) is 30.4. The zero-order valence-corrected chi connectivity index (χ0v) is 15.2. The van der Waals surface area contributed by atoms with Gasteiger partial charge in [0.15, 0.2) is 0 Å². The van der Waals surface area contributed by atoms with Gasteiger partial charge in [0.1, 0.15) is 5.82 Å². The van der Waals surface area contributed by atoms with E-state index in [4.69, 9.17) is 0 Å². The number of halogens is 2. The van der Waals surface area contributed by atoms with E-state index in [0.29, 0.717) is 12.4 Å². The second-order valence-electron chi connectivity index (χ2n) is 5.21. The van der Waals surface area contributed by atoms with Crippen molar-refractivity contribution in [1.29, 1.82) is 0 Å². The number of nitrogens with zero attached hydrogens (tertiary/aromatic N) is 2. The lowest BCUT2D eigenvalue weighted by molar-refractivity contribution is -0.122. The molecule has 1 aromatic heterocycles. The van der Waals surface area contributed by atoms with Gasteiger partial charge in [-0.3, -0.25) is 9.59 Å². The molecule has 0 radical (unpaired) electrons. The Balaban J connectivity index is 1.71. The number of amides is 2. The summed E-state index contributed by atoms with van der Waals surface area (Å²) in [5.41, 5.74) is 0.787. The number of hydrogen-bond donors (Lipinski definition) is 1. The predicted molar refractivity (Wildman–Crippen MR) is 95.2 cm³/mol. The molecule has 2 heterocycles. The molecular weight excluding hydrogens is 426 g/mol. The van der Waals surface area contributed by atoms with E-state index in [0.717, 1.165) is 14.6 Å². The number of carbonyl (C=O) groups is 2. The molecule has 0 bridgehead atoms. The first kappa shape index (κ1) is 16.1. The molecule has 1 fully saturated rings. The monoisotopic (exact) mass is 437 g/mol. The standard InChI is InChI=1S/C16H13Br2N3O2/c17-11-5-6-14(19-8-11)20-16(23)10-7-15(22)21(9-10)13-4-2-1-3-12(13)18/h1-6,8,10H,7,9H2,(H,19,20,23)/t10-/m1/s1. The van der Waals surface area contributed by atoms with Gasteiger partial charge in [-0.15, -0.1) is 0 Å².